The van der Waals surface area contributed by atoms with E-state index in [4.69, 9.17) is 14.2 Å². The summed E-state index contributed by atoms with van der Waals surface area (Å²) in [4.78, 5) is 57.8. The van der Waals surface area contributed by atoms with E-state index in [1.54, 1.807) is 51.8 Å². The highest BCUT2D eigenvalue weighted by molar-refractivity contribution is 6.01. The molecule has 0 radical (unpaired) electrons. The average Bonchev–Trinajstić information content (AvgIpc) is 3.71. The van der Waals surface area contributed by atoms with Crippen LogP contribution in [0.1, 0.15) is 96.0 Å². The molecular formula is C37H53FN4O7. The number of aromatic amines is 1. The van der Waals surface area contributed by atoms with Crippen LogP contribution >= 0.6 is 0 Å². The van der Waals surface area contributed by atoms with Crippen molar-refractivity contribution in [2.45, 2.75) is 109 Å². The highest BCUT2D eigenvalue weighted by Crippen LogP contribution is 2.42. The fourth-order valence-electron chi connectivity index (χ4n) is 8.14. The maximum absolute atomic E-state index is 14.2. The highest BCUT2D eigenvalue weighted by atomic mass is 19.1. The third-order valence-electron chi connectivity index (χ3n) is 10.6. The molecule has 1 aliphatic heterocycles. The van der Waals surface area contributed by atoms with Crippen molar-refractivity contribution in [2.75, 3.05) is 32.3 Å². The molecule has 2 heterocycles. The van der Waals surface area contributed by atoms with E-state index < -0.39 is 36.4 Å². The first-order valence-electron chi connectivity index (χ1n) is 17.9. The molecule has 0 unspecified atom stereocenters. The van der Waals surface area contributed by atoms with E-state index in [0.717, 1.165) is 43.0 Å². The summed E-state index contributed by atoms with van der Waals surface area (Å²) in [5.74, 6) is -0.715. The number of esters is 1. The summed E-state index contributed by atoms with van der Waals surface area (Å²) in [5.41, 5.74) is 0.992. The number of anilines is 1. The van der Waals surface area contributed by atoms with Gasteiger partial charge in [-0.2, -0.15) is 0 Å². The Hall–Kier alpha value is -3.67. The topological polar surface area (TPSA) is 139 Å². The van der Waals surface area contributed by atoms with Crippen molar-refractivity contribution in [1.82, 2.24) is 15.2 Å². The van der Waals surface area contributed by atoms with Crippen molar-refractivity contribution in [3.8, 4) is 0 Å². The van der Waals surface area contributed by atoms with E-state index >= 15 is 0 Å². The van der Waals surface area contributed by atoms with Crippen LogP contribution in [0.4, 0.5) is 14.9 Å². The van der Waals surface area contributed by atoms with Crippen molar-refractivity contribution in [1.29, 1.82) is 0 Å². The standard InChI is InChI=1S/C37H53FN4O7/c1-6-48-35(45)30-20-25-19-26(13-16-29(25)40-30)39-33(43)32-28(22-11-14-27(47-5)15-12-22)17-18-42(32)34(44)24-9-7-23(8-10-24)31(21-38)41-36(46)49-37(2,3)4/h13,16,19-20,22-24,27-28,31-32,40H,6-12,14-15,17-18,21H2,1-5H3,(H,39,43)(H,41,46)/t22-,23-,24-,27-,28-,31-,32-/m0/s1. The van der Waals surface area contributed by atoms with Gasteiger partial charge in [0.05, 0.1) is 18.8 Å². The number of aromatic nitrogens is 1. The van der Waals surface area contributed by atoms with Crippen LogP contribution in [0.2, 0.25) is 0 Å². The largest absolute Gasteiger partial charge is 0.461 e. The normalized spacial score (nSPS) is 26.6. The molecule has 270 valence electrons. The molecule has 3 aliphatic rings. The number of carbonyl (C=O) groups excluding carboxylic acids is 4. The number of rotatable bonds is 10. The first kappa shape index (κ1) is 36.6. The van der Waals surface area contributed by atoms with Crippen LogP contribution in [0, 0.1) is 23.7 Å². The molecule has 11 nitrogen and oxygen atoms in total. The smallest absolute Gasteiger partial charge is 0.407 e. The van der Waals surface area contributed by atoms with Crippen LogP contribution in [-0.4, -0.2) is 84.5 Å². The van der Waals surface area contributed by atoms with Gasteiger partial charge in [0, 0.05) is 36.2 Å². The number of ether oxygens (including phenoxy) is 3. The first-order chi connectivity index (χ1) is 23.4. The Morgan fingerprint density at radius 2 is 1.71 bits per heavy atom. The minimum atomic E-state index is -0.706. The summed E-state index contributed by atoms with van der Waals surface area (Å²) in [6.45, 7) is 7.11. The minimum Gasteiger partial charge on any atom is -0.461 e. The second kappa shape index (κ2) is 15.9. The molecule has 2 aromatic rings. The molecule has 2 aliphatic carbocycles. The average molecular weight is 685 g/mol. The molecule has 0 bridgehead atoms. The molecule has 1 saturated heterocycles. The van der Waals surface area contributed by atoms with Crippen LogP contribution < -0.4 is 10.6 Å². The number of nitrogens with zero attached hydrogens (tertiary/aromatic N) is 1. The monoisotopic (exact) mass is 684 g/mol. The molecule has 0 spiro atoms. The Labute approximate surface area is 288 Å². The van der Waals surface area contributed by atoms with E-state index in [-0.39, 0.29) is 42.3 Å². The molecule has 2 saturated carbocycles. The number of benzene rings is 1. The number of alkyl carbamates (subject to hydrolysis) is 1. The van der Waals surface area contributed by atoms with Crippen LogP contribution in [0.3, 0.4) is 0 Å². The van der Waals surface area contributed by atoms with Gasteiger partial charge in [0.25, 0.3) is 0 Å². The molecule has 3 N–H and O–H groups in total. The van der Waals surface area contributed by atoms with E-state index in [1.165, 1.54) is 0 Å². The Balaban J connectivity index is 1.28. The zero-order chi connectivity index (χ0) is 35.3. The predicted octanol–water partition coefficient (Wildman–Crippen LogP) is 6.37. The molecule has 3 fully saturated rings. The van der Waals surface area contributed by atoms with Crippen molar-refractivity contribution >= 4 is 40.5 Å². The number of amides is 3. The lowest BCUT2D eigenvalue weighted by molar-refractivity contribution is -0.142. The van der Waals surface area contributed by atoms with Gasteiger partial charge < -0.3 is 34.7 Å². The SMILES string of the molecule is CCOC(=O)c1cc2cc(NC(=O)[C@@H]3[C@H]([C@H]4CC[C@H](OC)CC4)CCN3C(=O)[C@H]3CC[C@H]([C@H](CF)NC(=O)OC(C)(C)C)CC3)ccc2[nH]1. The molecule has 1 aromatic carbocycles. The van der Waals surface area contributed by atoms with Gasteiger partial charge in [0.15, 0.2) is 0 Å². The second-order valence-corrected chi connectivity index (χ2v) is 14.9. The summed E-state index contributed by atoms with van der Waals surface area (Å²) in [7, 11) is 1.74. The number of fused-ring (bicyclic) bond motifs is 1. The third-order valence-corrected chi connectivity index (χ3v) is 10.6. The Morgan fingerprint density at radius 1 is 1.00 bits per heavy atom. The molecule has 12 heteroatoms. The van der Waals surface area contributed by atoms with E-state index in [9.17, 15) is 23.6 Å². The van der Waals surface area contributed by atoms with Crippen molar-refractivity contribution in [2.24, 2.45) is 23.7 Å². The maximum atomic E-state index is 14.2. The first-order valence-corrected chi connectivity index (χ1v) is 17.9. The van der Waals surface area contributed by atoms with Gasteiger partial charge >= 0.3 is 12.1 Å². The highest BCUT2D eigenvalue weighted by Gasteiger charge is 2.47. The third kappa shape index (κ3) is 8.93. The van der Waals surface area contributed by atoms with E-state index in [2.05, 4.69) is 15.6 Å². The van der Waals surface area contributed by atoms with Crippen molar-refractivity contribution in [3.63, 3.8) is 0 Å². The Morgan fingerprint density at radius 3 is 2.35 bits per heavy atom. The molecule has 3 atom stereocenters. The van der Waals surface area contributed by atoms with E-state index in [1.807, 2.05) is 12.1 Å². The van der Waals surface area contributed by atoms with Gasteiger partial charge in [-0.25, -0.2) is 14.0 Å². The molecule has 5 rings (SSSR count). The van der Waals surface area contributed by atoms with Crippen LogP contribution in [0.25, 0.3) is 10.9 Å². The summed E-state index contributed by atoms with van der Waals surface area (Å²) in [6, 6.07) is 5.85. The minimum absolute atomic E-state index is 0.0243. The lowest BCUT2D eigenvalue weighted by atomic mass is 9.75. The molecule has 1 aromatic heterocycles. The van der Waals surface area contributed by atoms with Crippen LogP contribution in [-0.2, 0) is 23.8 Å². The number of hydrogen-bond acceptors (Lipinski definition) is 7. The maximum Gasteiger partial charge on any atom is 0.407 e. The number of halogens is 1. The van der Waals surface area contributed by atoms with Crippen molar-refractivity contribution in [3.05, 3.63) is 30.0 Å². The van der Waals surface area contributed by atoms with Gasteiger partial charge in [-0.05, 0) is 128 Å². The van der Waals surface area contributed by atoms with Crippen molar-refractivity contribution < 1.29 is 37.8 Å². The van der Waals surface area contributed by atoms with Gasteiger partial charge in [-0.15, -0.1) is 0 Å². The molecule has 3 amide bonds. The Bertz CT molecular complexity index is 1470. The zero-order valence-electron chi connectivity index (χ0n) is 29.5. The summed E-state index contributed by atoms with van der Waals surface area (Å²) in [5, 5.41) is 6.55. The Kier molecular flexibility index (Phi) is 11.9. The number of likely N-dealkylation sites (tertiary alicyclic amines) is 1. The quantitative estimate of drug-likeness (QED) is 0.247. The summed E-state index contributed by atoms with van der Waals surface area (Å²) < 4.78 is 30.1. The molecule has 49 heavy (non-hydrogen) atoms. The summed E-state index contributed by atoms with van der Waals surface area (Å²) in [6.07, 6.45) is 6.43. The van der Waals surface area contributed by atoms with Crippen LogP contribution in [0.5, 0.6) is 0 Å². The predicted molar refractivity (Wildman–Crippen MR) is 184 cm³/mol. The van der Waals surface area contributed by atoms with Gasteiger partial charge in [-0.1, -0.05) is 0 Å². The number of methoxy groups -OCH3 is 1. The van der Waals surface area contributed by atoms with E-state index in [0.29, 0.717) is 49.5 Å². The summed E-state index contributed by atoms with van der Waals surface area (Å²) >= 11 is 0. The zero-order valence-corrected chi connectivity index (χ0v) is 29.5. The van der Waals surface area contributed by atoms with Gasteiger partial charge in [-0.3, -0.25) is 9.59 Å². The number of H-pyrrole nitrogens is 1. The number of alkyl halides is 1. The lowest BCUT2D eigenvalue weighted by Gasteiger charge is -2.38. The fraction of sp³-hybridized carbons (Fsp3) is 0.676. The fourth-order valence-corrected chi connectivity index (χ4v) is 8.14. The van der Waals surface area contributed by atoms with Crippen LogP contribution in [0.15, 0.2) is 24.3 Å². The lowest BCUT2D eigenvalue weighted by Crippen LogP contribution is -2.50. The number of hydrogen-bond donors (Lipinski definition) is 3. The van der Waals surface area contributed by atoms with Gasteiger partial charge in [0.1, 0.15) is 24.0 Å². The number of nitrogens with one attached hydrogen (secondary N) is 3. The van der Waals surface area contributed by atoms with Gasteiger partial charge in [0.2, 0.25) is 11.8 Å². The second-order valence-electron chi connectivity index (χ2n) is 14.9. The molecular weight excluding hydrogens is 631 g/mol. The number of carbonyl (C=O) groups is 4.